The van der Waals surface area contributed by atoms with Crippen molar-refractivity contribution in [1.82, 2.24) is 5.32 Å². The lowest BCUT2D eigenvalue weighted by Gasteiger charge is -2.26. The van der Waals surface area contributed by atoms with E-state index in [-0.39, 0.29) is 29.8 Å². The molecule has 1 saturated carbocycles. The van der Waals surface area contributed by atoms with E-state index < -0.39 is 0 Å². The molecule has 0 aliphatic heterocycles. The number of aliphatic hydroxyl groups is 1. The van der Waals surface area contributed by atoms with Gasteiger partial charge in [-0.2, -0.15) is 0 Å². The second-order valence-corrected chi connectivity index (χ2v) is 5.70. The highest BCUT2D eigenvalue weighted by Crippen LogP contribution is 2.23. The maximum atomic E-state index is 13.6. The molecule has 0 bridgehead atoms. The number of carbonyl (C=O) groups excluding carboxylic acids is 1. The van der Waals surface area contributed by atoms with Gasteiger partial charge in [0.2, 0.25) is 5.91 Å². The van der Waals surface area contributed by atoms with Crippen molar-refractivity contribution in [3.05, 3.63) is 35.6 Å². The van der Waals surface area contributed by atoms with Gasteiger partial charge in [0.1, 0.15) is 5.82 Å². The van der Waals surface area contributed by atoms with Crippen molar-refractivity contribution in [3.63, 3.8) is 0 Å². The van der Waals surface area contributed by atoms with E-state index in [2.05, 4.69) is 5.32 Å². The van der Waals surface area contributed by atoms with Crippen molar-refractivity contribution >= 4 is 5.91 Å². The van der Waals surface area contributed by atoms with Crippen LogP contribution in [0.2, 0.25) is 0 Å². The quantitative estimate of drug-likeness (QED) is 0.890. The van der Waals surface area contributed by atoms with Crippen LogP contribution >= 0.6 is 0 Å². The number of carbonyl (C=O) groups is 1. The molecule has 4 heteroatoms. The van der Waals surface area contributed by atoms with E-state index >= 15 is 0 Å². The summed E-state index contributed by atoms with van der Waals surface area (Å²) in [4.78, 5) is 12.0. The van der Waals surface area contributed by atoms with Gasteiger partial charge in [-0.25, -0.2) is 4.39 Å². The SMILES string of the molecule is CC(CC(=O)NC1CCC(O)CC1)c1ccccc1F. The van der Waals surface area contributed by atoms with Gasteiger partial charge < -0.3 is 10.4 Å². The first-order valence-corrected chi connectivity index (χ1v) is 7.28. The first-order valence-electron chi connectivity index (χ1n) is 7.28. The molecule has 1 atom stereocenters. The molecule has 110 valence electrons. The average molecular weight is 279 g/mol. The summed E-state index contributed by atoms with van der Waals surface area (Å²) in [5.74, 6) is -0.430. The van der Waals surface area contributed by atoms with Gasteiger partial charge in [0.05, 0.1) is 6.10 Å². The number of hydrogen-bond donors (Lipinski definition) is 2. The van der Waals surface area contributed by atoms with Crippen LogP contribution in [0, 0.1) is 5.82 Å². The smallest absolute Gasteiger partial charge is 0.220 e. The predicted octanol–water partition coefficient (Wildman–Crippen LogP) is 2.74. The molecule has 1 amide bonds. The van der Waals surface area contributed by atoms with Crippen molar-refractivity contribution in [2.45, 2.75) is 57.1 Å². The highest BCUT2D eigenvalue weighted by Gasteiger charge is 2.22. The zero-order chi connectivity index (χ0) is 14.5. The van der Waals surface area contributed by atoms with Crippen LogP contribution in [0.15, 0.2) is 24.3 Å². The number of hydrogen-bond acceptors (Lipinski definition) is 2. The Kier molecular flexibility index (Phi) is 5.12. The molecule has 0 saturated heterocycles. The van der Waals surface area contributed by atoms with Crippen molar-refractivity contribution in [3.8, 4) is 0 Å². The monoisotopic (exact) mass is 279 g/mol. The van der Waals surface area contributed by atoms with Gasteiger partial charge in [-0.3, -0.25) is 4.79 Å². The standard InChI is InChI=1S/C16H22FNO2/c1-11(14-4-2-3-5-15(14)17)10-16(20)18-12-6-8-13(19)9-7-12/h2-5,11-13,19H,6-10H2,1H3,(H,18,20). The Morgan fingerprint density at radius 2 is 2.00 bits per heavy atom. The largest absolute Gasteiger partial charge is 0.393 e. The van der Waals surface area contributed by atoms with Crippen molar-refractivity contribution in [2.24, 2.45) is 0 Å². The van der Waals surface area contributed by atoms with E-state index in [9.17, 15) is 14.3 Å². The molecule has 1 unspecified atom stereocenters. The fourth-order valence-electron chi connectivity index (χ4n) is 2.77. The third-order valence-corrected chi connectivity index (χ3v) is 3.99. The number of nitrogens with one attached hydrogen (secondary N) is 1. The molecule has 0 spiro atoms. The van der Waals surface area contributed by atoms with Crippen LogP contribution in [-0.2, 0) is 4.79 Å². The molecule has 1 aliphatic rings. The third kappa shape index (κ3) is 4.04. The Balaban J connectivity index is 1.84. The summed E-state index contributed by atoms with van der Waals surface area (Å²) in [5.41, 5.74) is 0.585. The molecule has 3 nitrogen and oxygen atoms in total. The molecule has 1 aromatic carbocycles. The number of amides is 1. The van der Waals surface area contributed by atoms with Gasteiger partial charge in [-0.15, -0.1) is 0 Å². The van der Waals surface area contributed by atoms with Crippen LogP contribution in [0.5, 0.6) is 0 Å². The number of benzene rings is 1. The summed E-state index contributed by atoms with van der Waals surface area (Å²) in [5, 5.41) is 12.4. The van der Waals surface area contributed by atoms with E-state index in [1.165, 1.54) is 6.07 Å². The first kappa shape index (κ1) is 15.0. The van der Waals surface area contributed by atoms with Gasteiger partial charge >= 0.3 is 0 Å². The number of halogens is 1. The Labute approximate surface area is 119 Å². The fraction of sp³-hybridized carbons (Fsp3) is 0.562. The van der Waals surface area contributed by atoms with Gasteiger partial charge in [0, 0.05) is 12.5 Å². The minimum absolute atomic E-state index is 0.0397. The zero-order valence-corrected chi connectivity index (χ0v) is 11.8. The van der Waals surface area contributed by atoms with E-state index in [0.29, 0.717) is 12.0 Å². The molecule has 2 N–H and O–H groups in total. The highest BCUT2D eigenvalue weighted by atomic mass is 19.1. The molecule has 0 aromatic heterocycles. The Morgan fingerprint density at radius 1 is 1.35 bits per heavy atom. The van der Waals surface area contributed by atoms with Crippen LogP contribution in [0.1, 0.15) is 50.5 Å². The summed E-state index contributed by atoms with van der Waals surface area (Å²) in [7, 11) is 0. The van der Waals surface area contributed by atoms with Gasteiger partial charge in [-0.1, -0.05) is 25.1 Å². The first-order chi connectivity index (χ1) is 9.56. The lowest BCUT2D eigenvalue weighted by molar-refractivity contribution is -0.122. The van der Waals surface area contributed by atoms with Crippen LogP contribution in [0.4, 0.5) is 4.39 Å². The Morgan fingerprint density at radius 3 is 2.65 bits per heavy atom. The molecule has 20 heavy (non-hydrogen) atoms. The van der Waals surface area contributed by atoms with Gasteiger partial charge in [-0.05, 0) is 43.2 Å². The second-order valence-electron chi connectivity index (χ2n) is 5.70. The molecular weight excluding hydrogens is 257 g/mol. The zero-order valence-electron chi connectivity index (χ0n) is 11.8. The lowest BCUT2D eigenvalue weighted by atomic mass is 9.92. The normalized spacial score (nSPS) is 24.1. The minimum atomic E-state index is -0.256. The van der Waals surface area contributed by atoms with E-state index in [1.54, 1.807) is 18.2 Å². The van der Waals surface area contributed by atoms with Crippen LogP contribution in [0.25, 0.3) is 0 Å². The summed E-state index contributed by atoms with van der Waals surface area (Å²) in [6, 6.07) is 6.74. The lowest BCUT2D eigenvalue weighted by Crippen LogP contribution is -2.38. The maximum Gasteiger partial charge on any atom is 0.220 e. The summed E-state index contributed by atoms with van der Waals surface area (Å²) in [6.45, 7) is 1.86. The van der Waals surface area contributed by atoms with E-state index in [4.69, 9.17) is 0 Å². The average Bonchev–Trinajstić information content (AvgIpc) is 2.41. The molecular formula is C16H22FNO2. The molecule has 1 aliphatic carbocycles. The molecule has 0 heterocycles. The molecule has 1 aromatic rings. The van der Waals surface area contributed by atoms with Crippen molar-refractivity contribution in [2.75, 3.05) is 0 Å². The Hall–Kier alpha value is -1.42. The fourth-order valence-corrected chi connectivity index (χ4v) is 2.77. The van der Waals surface area contributed by atoms with Crippen molar-refractivity contribution < 1.29 is 14.3 Å². The highest BCUT2D eigenvalue weighted by molar-refractivity contribution is 5.77. The van der Waals surface area contributed by atoms with Crippen LogP contribution < -0.4 is 5.32 Å². The van der Waals surface area contributed by atoms with E-state index in [0.717, 1.165) is 25.7 Å². The van der Waals surface area contributed by atoms with E-state index in [1.807, 2.05) is 6.92 Å². The molecule has 2 rings (SSSR count). The summed E-state index contributed by atoms with van der Waals surface area (Å²) < 4.78 is 13.6. The Bertz CT molecular complexity index is 456. The number of aliphatic hydroxyl groups excluding tert-OH is 1. The predicted molar refractivity (Wildman–Crippen MR) is 75.8 cm³/mol. The summed E-state index contributed by atoms with van der Waals surface area (Å²) >= 11 is 0. The van der Waals surface area contributed by atoms with Crippen LogP contribution in [0.3, 0.4) is 0 Å². The maximum absolute atomic E-state index is 13.6. The topological polar surface area (TPSA) is 49.3 Å². The molecule has 0 radical (unpaired) electrons. The minimum Gasteiger partial charge on any atom is -0.393 e. The van der Waals surface area contributed by atoms with Crippen molar-refractivity contribution in [1.29, 1.82) is 0 Å². The number of rotatable bonds is 4. The third-order valence-electron chi connectivity index (χ3n) is 3.99. The van der Waals surface area contributed by atoms with Crippen LogP contribution in [-0.4, -0.2) is 23.2 Å². The van der Waals surface area contributed by atoms with Gasteiger partial charge in [0.15, 0.2) is 0 Å². The van der Waals surface area contributed by atoms with Gasteiger partial charge in [0.25, 0.3) is 0 Å². The second kappa shape index (κ2) is 6.84. The molecule has 1 fully saturated rings. The summed E-state index contributed by atoms with van der Waals surface area (Å²) in [6.07, 6.45) is 3.20.